The molecule has 12 nitrogen and oxygen atoms in total. The second-order valence-corrected chi connectivity index (χ2v) is 12.7. The molecule has 2 bridgehead atoms. The minimum atomic E-state index is -0.739. The molecule has 6 atom stereocenters. The Bertz CT molecular complexity index is 1980. The number of benzene rings is 1. The number of amides is 4. The number of nitrogens with zero attached hydrogens (tertiary/aromatic N) is 4. The highest BCUT2D eigenvalue weighted by Crippen LogP contribution is 2.62. The molecule has 3 aromatic rings. The smallest absolute Gasteiger partial charge is 0.263 e. The maximum absolute atomic E-state index is 13.5. The third-order valence-corrected chi connectivity index (χ3v) is 10.7. The molecule has 2 aromatic heterocycles. The molecule has 2 aliphatic heterocycles. The number of hydrogen-bond donors (Lipinski definition) is 0. The SMILES string of the molecule is O=C1C=CC(=O)N1CC1CC2C3CC(Cn4c(=O)c5cc6c(=O)n(CN7C(=O)C=CC7=O)c(=O)c6cc5c4=O)C(C3)C2C1. The maximum Gasteiger partial charge on any atom is 0.263 e. The van der Waals surface area contributed by atoms with Crippen molar-refractivity contribution in [2.24, 2.45) is 35.5 Å². The molecule has 5 aliphatic rings. The molecule has 8 rings (SSSR count). The van der Waals surface area contributed by atoms with Crippen LogP contribution in [0, 0.1) is 35.5 Å². The van der Waals surface area contributed by atoms with E-state index in [4.69, 9.17) is 0 Å². The highest BCUT2D eigenvalue weighted by atomic mass is 16.2. The summed E-state index contributed by atoms with van der Waals surface area (Å²) in [5, 5.41) is 0.0574. The number of carbonyl (C=O) groups excluding carboxylic acids is 4. The minimum absolute atomic E-state index is 0.0382. The monoisotopic (exact) mass is 582 g/mol. The van der Waals surface area contributed by atoms with Crippen LogP contribution in [0.4, 0.5) is 0 Å². The first-order valence-corrected chi connectivity index (χ1v) is 14.6. The summed E-state index contributed by atoms with van der Waals surface area (Å²) < 4.78 is 2.00. The Balaban J connectivity index is 1.05. The van der Waals surface area contributed by atoms with Crippen molar-refractivity contribution in [1.29, 1.82) is 0 Å². The summed E-state index contributed by atoms with van der Waals surface area (Å²) in [4.78, 5) is 103. The summed E-state index contributed by atoms with van der Waals surface area (Å²) >= 11 is 0. The van der Waals surface area contributed by atoms with Crippen LogP contribution >= 0.6 is 0 Å². The van der Waals surface area contributed by atoms with E-state index in [0.717, 1.165) is 47.3 Å². The topological polar surface area (TPSA) is 153 Å². The Labute approximate surface area is 242 Å². The highest BCUT2D eigenvalue weighted by molar-refractivity contribution is 6.13. The van der Waals surface area contributed by atoms with Gasteiger partial charge >= 0.3 is 0 Å². The third kappa shape index (κ3) is 3.61. The maximum atomic E-state index is 13.5. The van der Waals surface area contributed by atoms with Crippen LogP contribution in [-0.2, 0) is 32.4 Å². The number of rotatable bonds is 6. The molecule has 3 saturated carbocycles. The van der Waals surface area contributed by atoms with Crippen LogP contribution in [-0.4, -0.2) is 49.1 Å². The Morgan fingerprint density at radius 3 is 1.56 bits per heavy atom. The number of carbonyl (C=O) groups is 4. The van der Waals surface area contributed by atoms with Gasteiger partial charge in [-0.1, -0.05) is 0 Å². The van der Waals surface area contributed by atoms with Gasteiger partial charge in [0, 0.05) is 37.4 Å². The van der Waals surface area contributed by atoms with Gasteiger partial charge in [-0.2, -0.15) is 0 Å². The molecule has 0 radical (unpaired) electrons. The molecule has 3 aliphatic carbocycles. The lowest BCUT2D eigenvalue weighted by Crippen LogP contribution is -2.39. The Kier molecular flexibility index (Phi) is 5.36. The first-order valence-electron chi connectivity index (χ1n) is 14.6. The van der Waals surface area contributed by atoms with Crippen molar-refractivity contribution in [3.63, 3.8) is 0 Å². The predicted molar refractivity (Wildman–Crippen MR) is 151 cm³/mol. The number of imide groups is 2. The van der Waals surface area contributed by atoms with Crippen molar-refractivity contribution in [2.45, 2.75) is 38.9 Å². The fraction of sp³-hybridized carbons (Fsp3) is 0.419. The molecule has 0 saturated heterocycles. The fourth-order valence-electron chi connectivity index (χ4n) is 8.87. The zero-order valence-electron chi connectivity index (χ0n) is 22.9. The standard InChI is InChI=1S/C31H26N4O8/c36-24-1-2-25(37)32(24)11-14-5-17-15-7-16(18(8-15)19(17)6-14)12-33-28(40)20-9-22-23(10-21(20)29(33)41)31(43)35(30(22)42)13-34-26(38)3-4-27(34)39/h1-4,9-10,14-19H,5-8,11-13H2. The van der Waals surface area contributed by atoms with E-state index in [0.29, 0.717) is 30.2 Å². The van der Waals surface area contributed by atoms with Gasteiger partial charge in [0.05, 0.1) is 21.5 Å². The molecule has 1 aromatic carbocycles. The minimum Gasteiger partial charge on any atom is -0.275 e. The Morgan fingerprint density at radius 2 is 1.00 bits per heavy atom. The average molecular weight is 583 g/mol. The molecule has 3 fully saturated rings. The van der Waals surface area contributed by atoms with Crippen molar-refractivity contribution >= 4 is 45.2 Å². The third-order valence-electron chi connectivity index (χ3n) is 10.7. The summed E-state index contributed by atoms with van der Waals surface area (Å²) in [6, 6.07) is 2.57. The van der Waals surface area contributed by atoms with E-state index in [1.165, 1.54) is 33.8 Å². The lowest BCUT2D eigenvalue weighted by Gasteiger charge is -2.31. The molecule has 218 valence electrons. The van der Waals surface area contributed by atoms with Crippen molar-refractivity contribution in [2.75, 3.05) is 6.54 Å². The normalized spacial score (nSPS) is 29.6. The second-order valence-electron chi connectivity index (χ2n) is 12.7. The van der Waals surface area contributed by atoms with Crippen LogP contribution in [0.1, 0.15) is 25.7 Å². The molecule has 0 spiro atoms. The zero-order valence-corrected chi connectivity index (χ0v) is 22.9. The average Bonchev–Trinajstić information content (AvgIpc) is 3.84. The largest absolute Gasteiger partial charge is 0.275 e. The van der Waals surface area contributed by atoms with Crippen LogP contribution < -0.4 is 22.2 Å². The molecule has 6 unspecified atom stereocenters. The lowest BCUT2D eigenvalue weighted by molar-refractivity contribution is -0.139. The zero-order chi connectivity index (χ0) is 29.9. The first-order chi connectivity index (χ1) is 20.6. The van der Waals surface area contributed by atoms with E-state index in [2.05, 4.69) is 0 Å². The Morgan fingerprint density at radius 1 is 0.512 bits per heavy atom. The van der Waals surface area contributed by atoms with Gasteiger partial charge in [0.25, 0.3) is 45.9 Å². The summed E-state index contributed by atoms with van der Waals surface area (Å²) in [6.07, 6.45) is 8.57. The second kappa shape index (κ2) is 8.88. The van der Waals surface area contributed by atoms with Gasteiger partial charge in [-0.25, -0.2) is 0 Å². The van der Waals surface area contributed by atoms with Crippen molar-refractivity contribution in [3.05, 3.63) is 77.9 Å². The van der Waals surface area contributed by atoms with E-state index in [1.54, 1.807) is 0 Å². The van der Waals surface area contributed by atoms with Gasteiger partial charge in [0.15, 0.2) is 0 Å². The molecule has 43 heavy (non-hydrogen) atoms. The van der Waals surface area contributed by atoms with E-state index >= 15 is 0 Å². The fourth-order valence-corrected chi connectivity index (χ4v) is 8.87. The first kappa shape index (κ1) is 25.9. The molecule has 12 heteroatoms. The van der Waals surface area contributed by atoms with Crippen LogP contribution in [0.3, 0.4) is 0 Å². The van der Waals surface area contributed by atoms with Gasteiger partial charge in [0.2, 0.25) is 0 Å². The molecular weight excluding hydrogens is 556 g/mol. The molecule has 4 amide bonds. The van der Waals surface area contributed by atoms with E-state index < -0.39 is 40.7 Å². The van der Waals surface area contributed by atoms with Gasteiger partial charge < -0.3 is 0 Å². The van der Waals surface area contributed by atoms with Gasteiger partial charge in [-0.15, -0.1) is 0 Å². The van der Waals surface area contributed by atoms with E-state index in [-0.39, 0.29) is 51.7 Å². The molecule has 0 N–H and O–H groups in total. The highest BCUT2D eigenvalue weighted by Gasteiger charge is 2.56. The number of hydrogen-bond acceptors (Lipinski definition) is 8. The van der Waals surface area contributed by atoms with E-state index in [1.807, 2.05) is 0 Å². The van der Waals surface area contributed by atoms with Crippen LogP contribution in [0.2, 0.25) is 0 Å². The van der Waals surface area contributed by atoms with Gasteiger partial charge in [-0.05, 0) is 73.3 Å². The van der Waals surface area contributed by atoms with E-state index in [9.17, 15) is 38.4 Å². The number of fused-ring (bicyclic) bond motifs is 7. The van der Waals surface area contributed by atoms with Crippen molar-refractivity contribution in [1.82, 2.24) is 18.9 Å². The van der Waals surface area contributed by atoms with Crippen molar-refractivity contribution in [3.8, 4) is 0 Å². The van der Waals surface area contributed by atoms with Crippen LogP contribution in [0.25, 0.3) is 21.5 Å². The lowest BCUT2D eigenvalue weighted by atomic mass is 9.75. The van der Waals surface area contributed by atoms with Gasteiger partial charge in [-0.3, -0.25) is 57.3 Å². The Hall–Kier alpha value is -4.74. The predicted octanol–water partition coefficient (Wildman–Crippen LogP) is 0.0183. The summed E-state index contributed by atoms with van der Waals surface area (Å²) in [6.45, 7) is 0.144. The summed E-state index contributed by atoms with van der Waals surface area (Å²) in [5.41, 5.74) is -2.48. The van der Waals surface area contributed by atoms with Crippen LogP contribution in [0.5, 0.6) is 0 Å². The van der Waals surface area contributed by atoms with Crippen molar-refractivity contribution < 1.29 is 19.2 Å². The van der Waals surface area contributed by atoms with Gasteiger partial charge in [0.1, 0.15) is 6.67 Å². The quantitative estimate of drug-likeness (QED) is 0.369. The molecule has 4 heterocycles. The summed E-state index contributed by atoms with van der Waals surface area (Å²) in [7, 11) is 0. The van der Waals surface area contributed by atoms with Crippen LogP contribution in [0.15, 0.2) is 55.6 Å². The molecular formula is C31H26N4O8. The summed E-state index contributed by atoms with van der Waals surface area (Å²) in [5.74, 6) is 0.378. The number of aromatic nitrogens is 2.